The summed E-state index contributed by atoms with van der Waals surface area (Å²) in [5.74, 6) is 0.932. The van der Waals surface area contributed by atoms with Crippen molar-refractivity contribution in [3.8, 4) is 0 Å². The molecule has 0 spiro atoms. The fraction of sp³-hybridized carbons (Fsp3) is 0.650. The molecule has 2 aromatic rings. The van der Waals surface area contributed by atoms with E-state index in [2.05, 4.69) is 17.0 Å². The molecule has 4 N–H and O–H groups in total. The van der Waals surface area contributed by atoms with E-state index < -0.39 is 30.1 Å². The first-order chi connectivity index (χ1) is 14.3. The summed E-state index contributed by atoms with van der Waals surface area (Å²) in [6.07, 6.45) is 0.619. The first kappa shape index (κ1) is 20.8. The van der Waals surface area contributed by atoms with Crippen molar-refractivity contribution in [1.82, 2.24) is 14.6 Å². The second kappa shape index (κ2) is 8.01. The topological polar surface area (TPSA) is 141 Å². The Morgan fingerprint density at radius 1 is 1.33 bits per heavy atom. The molecule has 0 bridgehead atoms. The normalized spacial score (nSPS) is 34.2. The fourth-order valence-electron chi connectivity index (χ4n) is 4.22. The number of nitrogens with two attached hydrogens (primary N) is 1. The number of hydrogen-bond donors (Lipinski definition) is 3. The third-order valence-corrected chi connectivity index (χ3v) is 6.16. The smallest absolute Gasteiger partial charge is 0.431 e. The number of aromatic nitrogens is 3. The summed E-state index contributed by atoms with van der Waals surface area (Å²) < 4.78 is 18.1. The number of nitrogen functional groups attached to an aromatic ring is 1. The number of carbonyl (C=O) groups excluding carboxylic acids is 1. The summed E-state index contributed by atoms with van der Waals surface area (Å²) in [7, 11) is 0. The number of fused-ring (bicyclic) bond motifs is 1. The van der Waals surface area contributed by atoms with Crippen molar-refractivity contribution < 1.29 is 29.2 Å². The van der Waals surface area contributed by atoms with Crippen LogP contribution in [0.1, 0.15) is 51.3 Å². The number of hydrogen-bond acceptors (Lipinski definition) is 9. The molecule has 0 aromatic carbocycles. The molecule has 1 aliphatic heterocycles. The van der Waals surface area contributed by atoms with Crippen LogP contribution in [0.25, 0.3) is 5.52 Å². The van der Waals surface area contributed by atoms with Gasteiger partial charge in [-0.2, -0.15) is 5.10 Å². The van der Waals surface area contributed by atoms with Crippen LogP contribution in [0.5, 0.6) is 0 Å². The zero-order valence-electron chi connectivity index (χ0n) is 17.1. The molecular weight excluding hydrogens is 392 g/mol. The van der Waals surface area contributed by atoms with Crippen LogP contribution in [0.15, 0.2) is 18.5 Å². The predicted molar refractivity (Wildman–Crippen MR) is 105 cm³/mol. The highest BCUT2D eigenvalue weighted by Crippen LogP contribution is 2.40. The second-order valence-electron chi connectivity index (χ2n) is 8.53. The van der Waals surface area contributed by atoms with Crippen molar-refractivity contribution in [3.63, 3.8) is 0 Å². The zero-order chi connectivity index (χ0) is 21.5. The largest absolute Gasteiger partial charge is 0.508 e. The first-order valence-electron chi connectivity index (χ1n) is 10.2. The van der Waals surface area contributed by atoms with Crippen LogP contribution >= 0.6 is 0 Å². The molecule has 10 heteroatoms. The molecule has 4 rings (SSSR count). The van der Waals surface area contributed by atoms with Gasteiger partial charge in [0.15, 0.2) is 5.82 Å². The Morgan fingerprint density at radius 2 is 2.07 bits per heavy atom. The number of rotatable bonds is 4. The highest BCUT2D eigenvalue weighted by Gasteiger charge is 2.53. The maximum absolute atomic E-state index is 12.1. The van der Waals surface area contributed by atoms with Gasteiger partial charge in [-0.1, -0.05) is 6.92 Å². The van der Waals surface area contributed by atoms with E-state index in [1.807, 2.05) is 0 Å². The van der Waals surface area contributed by atoms with E-state index in [1.54, 1.807) is 19.1 Å². The molecule has 10 nitrogen and oxygen atoms in total. The molecule has 0 amide bonds. The van der Waals surface area contributed by atoms with E-state index in [1.165, 1.54) is 10.8 Å². The van der Waals surface area contributed by atoms with Gasteiger partial charge >= 0.3 is 6.16 Å². The van der Waals surface area contributed by atoms with Gasteiger partial charge in [0, 0.05) is 0 Å². The number of anilines is 1. The third-order valence-electron chi connectivity index (χ3n) is 6.16. The molecule has 164 valence electrons. The average Bonchev–Trinajstić information content (AvgIpc) is 3.25. The Bertz CT molecular complexity index is 912. The van der Waals surface area contributed by atoms with Crippen molar-refractivity contribution in [2.75, 3.05) is 12.3 Å². The molecule has 30 heavy (non-hydrogen) atoms. The summed E-state index contributed by atoms with van der Waals surface area (Å²) in [5.41, 5.74) is 5.61. The molecule has 1 saturated carbocycles. The minimum Gasteiger partial charge on any atom is -0.431 e. The zero-order valence-corrected chi connectivity index (χ0v) is 17.1. The summed E-state index contributed by atoms with van der Waals surface area (Å²) >= 11 is 0. The standard InChI is InChI=1S/C20H28N4O6/c1-11-3-5-12(6-4-11)29-19(27)28-9-20(2)17(26)15(25)16(30-20)13-7-8-14-18(21)22-10-23-24(13)14/h7-8,10-12,15-17,25-26H,3-6,9H2,1-2H3,(H2,21,22,23)/t11?,12?,15-,16-,17-,20+/m0/s1. The molecule has 4 atom stereocenters. The first-order valence-corrected chi connectivity index (χ1v) is 10.2. The van der Waals surface area contributed by atoms with Crippen molar-refractivity contribution in [2.45, 2.75) is 69.5 Å². The van der Waals surface area contributed by atoms with Gasteiger partial charge in [-0.05, 0) is 50.7 Å². The van der Waals surface area contributed by atoms with Crippen molar-refractivity contribution >= 4 is 17.5 Å². The van der Waals surface area contributed by atoms with Gasteiger partial charge in [-0.3, -0.25) is 0 Å². The number of aliphatic hydroxyl groups excluding tert-OH is 2. The highest BCUT2D eigenvalue weighted by atomic mass is 16.7. The van der Waals surface area contributed by atoms with E-state index >= 15 is 0 Å². The van der Waals surface area contributed by atoms with E-state index in [0.717, 1.165) is 25.7 Å². The van der Waals surface area contributed by atoms with Crippen LogP contribution < -0.4 is 5.73 Å². The molecular formula is C20H28N4O6. The molecule has 0 unspecified atom stereocenters. The Hall–Kier alpha value is -2.43. The number of carbonyl (C=O) groups is 1. The van der Waals surface area contributed by atoms with Crippen LogP contribution in [0, 0.1) is 5.92 Å². The van der Waals surface area contributed by atoms with E-state index in [0.29, 0.717) is 17.1 Å². The maximum atomic E-state index is 12.1. The van der Waals surface area contributed by atoms with Gasteiger partial charge < -0.3 is 30.2 Å². The fourth-order valence-corrected chi connectivity index (χ4v) is 4.22. The van der Waals surface area contributed by atoms with Crippen LogP contribution in [-0.2, 0) is 14.2 Å². The Kier molecular flexibility index (Phi) is 5.56. The lowest BCUT2D eigenvalue weighted by Gasteiger charge is -2.28. The molecule has 0 radical (unpaired) electrons. The summed E-state index contributed by atoms with van der Waals surface area (Å²) in [4.78, 5) is 16.1. The minimum atomic E-state index is -1.31. The summed E-state index contributed by atoms with van der Waals surface area (Å²) in [6, 6.07) is 3.41. The highest BCUT2D eigenvalue weighted by molar-refractivity contribution is 5.65. The summed E-state index contributed by atoms with van der Waals surface area (Å²) in [6.45, 7) is 3.50. The van der Waals surface area contributed by atoms with Gasteiger partial charge in [0.05, 0.1) is 5.69 Å². The summed E-state index contributed by atoms with van der Waals surface area (Å²) in [5, 5.41) is 25.4. The van der Waals surface area contributed by atoms with Crippen molar-refractivity contribution in [3.05, 3.63) is 24.2 Å². The molecule has 1 saturated heterocycles. The van der Waals surface area contributed by atoms with Crippen molar-refractivity contribution in [1.29, 1.82) is 0 Å². The van der Waals surface area contributed by atoms with Gasteiger partial charge in [0.25, 0.3) is 0 Å². The van der Waals surface area contributed by atoms with Crippen LogP contribution in [0.2, 0.25) is 0 Å². The number of ether oxygens (including phenoxy) is 3. The predicted octanol–water partition coefficient (Wildman–Crippen LogP) is 1.60. The molecule has 2 aliphatic rings. The Morgan fingerprint density at radius 3 is 2.80 bits per heavy atom. The lowest BCUT2D eigenvalue weighted by molar-refractivity contribution is -0.112. The van der Waals surface area contributed by atoms with E-state index in [9.17, 15) is 15.0 Å². The van der Waals surface area contributed by atoms with Crippen molar-refractivity contribution in [2.24, 2.45) is 5.92 Å². The molecule has 2 aromatic heterocycles. The molecule has 3 heterocycles. The molecule has 2 fully saturated rings. The quantitative estimate of drug-likeness (QED) is 0.629. The lowest BCUT2D eigenvalue weighted by Crippen LogP contribution is -2.45. The maximum Gasteiger partial charge on any atom is 0.508 e. The second-order valence-corrected chi connectivity index (χ2v) is 8.53. The van der Waals surface area contributed by atoms with Crippen LogP contribution in [0.4, 0.5) is 10.6 Å². The lowest BCUT2D eigenvalue weighted by atomic mass is 9.89. The van der Waals surface area contributed by atoms with Gasteiger partial charge in [0.2, 0.25) is 0 Å². The number of aliphatic hydroxyl groups is 2. The number of nitrogens with zero attached hydrogens (tertiary/aromatic N) is 3. The van der Waals surface area contributed by atoms with Crippen LogP contribution in [0.3, 0.4) is 0 Å². The monoisotopic (exact) mass is 420 g/mol. The van der Waals surface area contributed by atoms with E-state index in [4.69, 9.17) is 19.9 Å². The average molecular weight is 420 g/mol. The van der Waals surface area contributed by atoms with Gasteiger partial charge in [0.1, 0.15) is 48.5 Å². The Labute approximate surface area is 173 Å². The molecule has 1 aliphatic carbocycles. The van der Waals surface area contributed by atoms with Crippen LogP contribution in [-0.4, -0.2) is 61.5 Å². The SMILES string of the molecule is CC1CCC(OC(=O)OC[C@@]2(C)O[C@@H](c3ccc4c(N)ncnn34)[C@H](O)[C@@H]2O)CC1. The third kappa shape index (κ3) is 3.82. The Balaban J connectivity index is 1.41. The minimum absolute atomic E-state index is 0.147. The van der Waals surface area contributed by atoms with Gasteiger partial charge in [-0.25, -0.2) is 14.3 Å². The van der Waals surface area contributed by atoms with E-state index in [-0.39, 0.29) is 18.5 Å². The van der Waals surface area contributed by atoms with Gasteiger partial charge in [-0.15, -0.1) is 0 Å².